The zero-order valence-electron chi connectivity index (χ0n) is 14.4. The molecule has 1 N–H and O–H groups in total. The van der Waals surface area contributed by atoms with Crippen molar-refractivity contribution in [1.82, 2.24) is 5.32 Å². The van der Waals surface area contributed by atoms with E-state index in [0.717, 1.165) is 19.0 Å². The predicted octanol–water partition coefficient (Wildman–Crippen LogP) is 2.74. The Morgan fingerprint density at radius 1 is 1.11 bits per heavy atom. The topological polar surface area (TPSA) is 95.8 Å². The number of anilines is 2. The van der Waals surface area contributed by atoms with Gasteiger partial charge in [0.25, 0.3) is 15.7 Å². The van der Waals surface area contributed by atoms with Crippen LogP contribution in [0.4, 0.5) is 17.1 Å². The zero-order chi connectivity index (χ0) is 19.4. The van der Waals surface area contributed by atoms with Crippen LogP contribution in [0.3, 0.4) is 0 Å². The van der Waals surface area contributed by atoms with Crippen LogP contribution in [0.1, 0.15) is 6.42 Å². The van der Waals surface area contributed by atoms with Gasteiger partial charge in [0.05, 0.1) is 15.5 Å². The Morgan fingerprint density at radius 2 is 1.85 bits per heavy atom. The number of halogens is 1. The lowest BCUT2D eigenvalue weighted by atomic mass is 10.2. The Balaban J connectivity index is 1.99. The first-order valence-electron chi connectivity index (χ1n) is 8.41. The van der Waals surface area contributed by atoms with Crippen molar-refractivity contribution >= 4 is 38.9 Å². The monoisotopic (exact) mass is 410 g/mol. The van der Waals surface area contributed by atoms with E-state index in [2.05, 4.69) is 5.32 Å². The van der Waals surface area contributed by atoms with Crippen molar-refractivity contribution in [3.05, 3.63) is 58.6 Å². The Labute approximate surface area is 162 Å². The molecule has 1 aliphatic heterocycles. The molecule has 144 valence electrons. The van der Waals surface area contributed by atoms with Crippen molar-refractivity contribution in [2.24, 2.45) is 0 Å². The summed E-state index contributed by atoms with van der Waals surface area (Å²) in [5.74, 6) is 0. The molecular formula is C17H19ClN4O4S. The first-order valence-corrected chi connectivity index (χ1v) is 10.2. The number of benzene rings is 2. The second kappa shape index (κ2) is 8.12. The van der Waals surface area contributed by atoms with E-state index < -0.39 is 14.9 Å². The fraction of sp³-hybridized carbons (Fsp3) is 0.294. The van der Waals surface area contributed by atoms with Gasteiger partial charge in [-0.1, -0.05) is 18.2 Å². The van der Waals surface area contributed by atoms with Crippen LogP contribution in [0, 0.1) is 10.1 Å². The molecule has 1 aliphatic rings. The lowest BCUT2D eigenvalue weighted by Gasteiger charge is -2.23. The average Bonchev–Trinajstić information content (AvgIpc) is 2.97. The standard InChI is InChI=1S/C17H19ClN4O4S/c18-21(14-5-2-1-3-6-14)27(25,26)15-7-8-16(17(13-15)22(23)24)20-11-4-9-19-10-12-20/h1-3,5-8,13,19H,4,9-12H2. The molecule has 0 radical (unpaired) electrons. The summed E-state index contributed by atoms with van der Waals surface area (Å²) in [6.07, 6.45) is 0.848. The fourth-order valence-electron chi connectivity index (χ4n) is 2.94. The summed E-state index contributed by atoms with van der Waals surface area (Å²) >= 11 is 6.03. The maximum absolute atomic E-state index is 12.8. The van der Waals surface area contributed by atoms with Crippen molar-refractivity contribution in [2.45, 2.75) is 11.3 Å². The van der Waals surface area contributed by atoms with E-state index in [1.165, 1.54) is 24.3 Å². The summed E-state index contributed by atoms with van der Waals surface area (Å²) in [6, 6.07) is 12.0. The Morgan fingerprint density at radius 3 is 2.56 bits per heavy atom. The van der Waals surface area contributed by atoms with Crippen LogP contribution in [-0.2, 0) is 10.0 Å². The quantitative estimate of drug-likeness (QED) is 0.462. The van der Waals surface area contributed by atoms with Gasteiger partial charge in [-0.05, 0) is 37.2 Å². The van der Waals surface area contributed by atoms with Gasteiger partial charge < -0.3 is 10.2 Å². The molecule has 8 nitrogen and oxygen atoms in total. The molecule has 10 heteroatoms. The van der Waals surface area contributed by atoms with Gasteiger partial charge in [0.2, 0.25) is 0 Å². The van der Waals surface area contributed by atoms with Crippen molar-refractivity contribution in [3.8, 4) is 0 Å². The molecule has 1 saturated heterocycles. The third-order valence-electron chi connectivity index (χ3n) is 4.29. The first kappa shape index (κ1) is 19.4. The third kappa shape index (κ3) is 4.15. The fourth-order valence-corrected chi connectivity index (χ4v) is 4.38. The van der Waals surface area contributed by atoms with Crippen LogP contribution < -0.4 is 14.0 Å². The second-order valence-corrected chi connectivity index (χ2v) is 8.38. The van der Waals surface area contributed by atoms with E-state index in [9.17, 15) is 18.5 Å². The van der Waals surface area contributed by atoms with Crippen LogP contribution in [0.25, 0.3) is 0 Å². The minimum atomic E-state index is -4.14. The minimum Gasteiger partial charge on any atom is -0.365 e. The molecule has 0 bridgehead atoms. The van der Waals surface area contributed by atoms with Gasteiger partial charge in [-0.25, -0.2) is 0 Å². The van der Waals surface area contributed by atoms with Crippen molar-refractivity contribution in [1.29, 1.82) is 0 Å². The molecule has 1 fully saturated rings. The van der Waals surface area contributed by atoms with E-state index in [1.54, 1.807) is 18.2 Å². The van der Waals surface area contributed by atoms with Gasteiger partial charge in [0.15, 0.2) is 0 Å². The molecule has 27 heavy (non-hydrogen) atoms. The summed E-state index contributed by atoms with van der Waals surface area (Å²) < 4.78 is 26.2. The molecule has 1 heterocycles. The Kier molecular flexibility index (Phi) is 5.83. The van der Waals surface area contributed by atoms with Gasteiger partial charge >= 0.3 is 0 Å². The average molecular weight is 411 g/mol. The molecular weight excluding hydrogens is 392 g/mol. The molecule has 3 rings (SSSR count). The lowest BCUT2D eigenvalue weighted by Crippen LogP contribution is -2.28. The maximum atomic E-state index is 12.8. The van der Waals surface area contributed by atoms with Gasteiger partial charge in [-0.2, -0.15) is 12.2 Å². The number of nitro benzene ring substituents is 1. The number of hydrogen-bond donors (Lipinski definition) is 1. The van der Waals surface area contributed by atoms with Crippen LogP contribution in [0.2, 0.25) is 0 Å². The zero-order valence-corrected chi connectivity index (χ0v) is 16.0. The molecule has 0 aromatic heterocycles. The van der Waals surface area contributed by atoms with Crippen LogP contribution in [0.5, 0.6) is 0 Å². The van der Waals surface area contributed by atoms with Crippen molar-refractivity contribution in [2.75, 3.05) is 34.9 Å². The molecule has 2 aromatic carbocycles. The number of sulfonamides is 1. The number of hydrogen-bond acceptors (Lipinski definition) is 6. The molecule has 2 aromatic rings. The third-order valence-corrected chi connectivity index (χ3v) is 6.52. The molecule has 0 saturated carbocycles. The second-order valence-electron chi connectivity index (χ2n) is 6.05. The summed E-state index contributed by atoms with van der Waals surface area (Å²) in [7, 11) is -4.14. The predicted molar refractivity (Wildman–Crippen MR) is 105 cm³/mol. The van der Waals surface area contributed by atoms with Crippen LogP contribution in [-0.4, -0.2) is 39.5 Å². The summed E-state index contributed by atoms with van der Waals surface area (Å²) in [6.45, 7) is 2.82. The SMILES string of the molecule is O=[N+]([O-])c1cc(S(=O)(=O)N(Cl)c2ccccc2)ccc1N1CCCNCC1. The highest BCUT2D eigenvalue weighted by atomic mass is 35.5. The molecule has 0 spiro atoms. The summed E-state index contributed by atoms with van der Waals surface area (Å²) in [5, 5.41) is 14.8. The Hall–Kier alpha value is -2.36. The van der Waals surface area contributed by atoms with E-state index in [4.69, 9.17) is 11.8 Å². The lowest BCUT2D eigenvalue weighted by molar-refractivity contribution is -0.384. The molecule has 0 aliphatic carbocycles. The number of nitrogens with zero attached hydrogens (tertiary/aromatic N) is 3. The number of nitrogens with one attached hydrogen (secondary N) is 1. The highest BCUT2D eigenvalue weighted by Gasteiger charge is 2.28. The highest BCUT2D eigenvalue weighted by Crippen LogP contribution is 2.33. The molecule has 0 amide bonds. The Bertz CT molecular complexity index is 916. The van der Waals surface area contributed by atoms with E-state index in [1.807, 2.05) is 4.90 Å². The van der Waals surface area contributed by atoms with Crippen LogP contribution in [0.15, 0.2) is 53.4 Å². The largest absolute Gasteiger partial charge is 0.365 e. The van der Waals surface area contributed by atoms with Crippen molar-refractivity contribution in [3.63, 3.8) is 0 Å². The smallest absolute Gasteiger partial charge is 0.293 e. The van der Waals surface area contributed by atoms with Gasteiger partial charge in [-0.15, -0.1) is 0 Å². The summed E-state index contributed by atoms with van der Waals surface area (Å²) in [4.78, 5) is 12.7. The maximum Gasteiger partial charge on any atom is 0.293 e. The number of para-hydroxylation sites is 1. The van der Waals surface area contributed by atoms with E-state index in [0.29, 0.717) is 29.1 Å². The number of nitro groups is 1. The minimum absolute atomic E-state index is 0.232. The van der Waals surface area contributed by atoms with Crippen molar-refractivity contribution < 1.29 is 13.3 Å². The van der Waals surface area contributed by atoms with Gasteiger partial charge in [-0.3, -0.25) is 10.1 Å². The molecule has 0 atom stereocenters. The first-order chi connectivity index (χ1) is 12.9. The summed E-state index contributed by atoms with van der Waals surface area (Å²) in [5.41, 5.74) is 0.407. The molecule has 0 unspecified atom stereocenters. The van der Waals surface area contributed by atoms with Gasteiger partial charge in [0, 0.05) is 37.5 Å². The van der Waals surface area contributed by atoms with E-state index in [-0.39, 0.29) is 16.3 Å². The van der Waals surface area contributed by atoms with E-state index >= 15 is 0 Å². The highest BCUT2D eigenvalue weighted by molar-refractivity contribution is 7.94. The van der Waals surface area contributed by atoms with Gasteiger partial charge in [0.1, 0.15) is 5.69 Å². The normalized spacial score (nSPS) is 15.2. The van der Waals surface area contributed by atoms with Crippen LogP contribution >= 0.6 is 11.8 Å². The number of rotatable bonds is 5.